The van der Waals surface area contributed by atoms with Gasteiger partial charge in [0.2, 0.25) is 0 Å². The molecule has 94 valence electrons. The third kappa shape index (κ3) is 2.37. The SMILES string of the molecule is Cc1cc(C2COCCO2)c2cc(I)ccc2n1. The van der Waals surface area contributed by atoms with Crippen molar-refractivity contribution in [3.8, 4) is 0 Å². The molecule has 2 heterocycles. The topological polar surface area (TPSA) is 31.4 Å². The molecule has 1 fully saturated rings. The molecule has 1 aliphatic heterocycles. The van der Waals surface area contributed by atoms with Crippen molar-refractivity contribution in [1.82, 2.24) is 4.98 Å². The predicted molar refractivity (Wildman–Crippen MR) is 78.7 cm³/mol. The van der Waals surface area contributed by atoms with Gasteiger partial charge >= 0.3 is 0 Å². The normalized spacial score (nSPS) is 20.2. The van der Waals surface area contributed by atoms with Gasteiger partial charge in [-0.05, 0) is 59.3 Å². The molecule has 1 unspecified atom stereocenters. The number of aromatic nitrogens is 1. The van der Waals surface area contributed by atoms with Gasteiger partial charge in [-0.15, -0.1) is 0 Å². The zero-order valence-electron chi connectivity index (χ0n) is 10.1. The Morgan fingerprint density at radius 3 is 2.94 bits per heavy atom. The summed E-state index contributed by atoms with van der Waals surface area (Å²) in [5.41, 5.74) is 3.24. The van der Waals surface area contributed by atoms with E-state index in [1.54, 1.807) is 0 Å². The van der Waals surface area contributed by atoms with E-state index in [0.29, 0.717) is 19.8 Å². The van der Waals surface area contributed by atoms with E-state index in [0.717, 1.165) is 11.2 Å². The monoisotopic (exact) mass is 355 g/mol. The first-order chi connectivity index (χ1) is 8.74. The summed E-state index contributed by atoms with van der Waals surface area (Å²) in [5, 5.41) is 1.17. The predicted octanol–water partition coefficient (Wildman–Crippen LogP) is 3.24. The Labute approximate surface area is 120 Å². The fourth-order valence-corrected chi connectivity index (χ4v) is 2.79. The average molecular weight is 355 g/mol. The van der Waals surface area contributed by atoms with Crippen LogP contribution >= 0.6 is 22.6 Å². The molecule has 4 heteroatoms. The van der Waals surface area contributed by atoms with E-state index in [1.165, 1.54) is 14.5 Å². The molecule has 1 aromatic carbocycles. The zero-order chi connectivity index (χ0) is 12.5. The van der Waals surface area contributed by atoms with Gasteiger partial charge in [-0.25, -0.2) is 0 Å². The number of nitrogens with zero attached hydrogens (tertiary/aromatic N) is 1. The largest absolute Gasteiger partial charge is 0.376 e. The summed E-state index contributed by atoms with van der Waals surface area (Å²) in [6, 6.07) is 8.42. The molecule has 3 rings (SSSR count). The first kappa shape index (κ1) is 12.3. The van der Waals surface area contributed by atoms with E-state index in [1.807, 2.05) is 6.92 Å². The van der Waals surface area contributed by atoms with Crippen molar-refractivity contribution in [3.63, 3.8) is 0 Å². The highest BCUT2D eigenvalue weighted by Gasteiger charge is 2.19. The van der Waals surface area contributed by atoms with Crippen LogP contribution in [0.1, 0.15) is 17.4 Å². The summed E-state index contributed by atoms with van der Waals surface area (Å²) in [6.07, 6.45) is 0.0288. The lowest BCUT2D eigenvalue weighted by Gasteiger charge is -2.24. The molecule has 0 amide bonds. The van der Waals surface area contributed by atoms with Crippen molar-refractivity contribution < 1.29 is 9.47 Å². The van der Waals surface area contributed by atoms with Gasteiger partial charge < -0.3 is 9.47 Å². The van der Waals surface area contributed by atoms with Crippen LogP contribution in [0.5, 0.6) is 0 Å². The second-order valence-electron chi connectivity index (χ2n) is 4.45. The fourth-order valence-electron chi connectivity index (χ4n) is 2.30. The molecule has 0 N–H and O–H groups in total. The minimum atomic E-state index is 0.0288. The van der Waals surface area contributed by atoms with Crippen LogP contribution in [0.25, 0.3) is 10.9 Å². The van der Waals surface area contributed by atoms with Gasteiger partial charge in [0.05, 0.1) is 25.3 Å². The van der Waals surface area contributed by atoms with Gasteiger partial charge in [0, 0.05) is 14.7 Å². The van der Waals surface area contributed by atoms with Gasteiger partial charge in [-0.3, -0.25) is 4.98 Å². The number of aryl methyl sites for hydroxylation is 1. The molecule has 0 spiro atoms. The van der Waals surface area contributed by atoms with Gasteiger partial charge in [0.1, 0.15) is 6.10 Å². The smallest absolute Gasteiger partial charge is 0.107 e. The molecule has 2 aromatic rings. The Morgan fingerprint density at radius 1 is 1.28 bits per heavy atom. The molecule has 0 saturated carbocycles. The molecule has 0 radical (unpaired) electrons. The number of fused-ring (bicyclic) bond motifs is 1. The van der Waals surface area contributed by atoms with Crippen LogP contribution in [0.15, 0.2) is 24.3 Å². The van der Waals surface area contributed by atoms with Crippen LogP contribution in [-0.2, 0) is 9.47 Å². The number of hydrogen-bond donors (Lipinski definition) is 0. The Morgan fingerprint density at radius 2 is 2.17 bits per heavy atom. The maximum absolute atomic E-state index is 5.81. The molecular formula is C14H14INO2. The van der Waals surface area contributed by atoms with Gasteiger partial charge in [0.25, 0.3) is 0 Å². The maximum Gasteiger partial charge on any atom is 0.107 e. The molecule has 0 aliphatic carbocycles. The standard InChI is InChI=1S/C14H14INO2/c1-9-6-12(14-8-17-4-5-18-14)11-7-10(15)2-3-13(11)16-9/h2-3,6-7,14H,4-5,8H2,1H3. The number of benzene rings is 1. The van der Waals surface area contributed by atoms with Crippen LogP contribution in [0.4, 0.5) is 0 Å². The summed E-state index contributed by atoms with van der Waals surface area (Å²) < 4.78 is 12.5. The molecule has 18 heavy (non-hydrogen) atoms. The Balaban J connectivity index is 2.16. The van der Waals surface area contributed by atoms with E-state index in [4.69, 9.17) is 9.47 Å². The number of pyridine rings is 1. The second kappa shape index (κ2) is 5.11. The fraction of sp³-hybridized carbons (Fsp3) is 0.357. The van der Waals surface area contributed by atoms with E-state index in [2.05, 4.69) is 51.8 Å². The quantitative estimate of drug-likeness (QED) is 0.736. The van der Waals surface area contributed by atoms with Gasteiger partial charge in [-0.1, -0.05) is 0 Å². The molecule has 3 nitrogen and oxygen atoms in total. The zero-order valence-corrected chi connectivity index (χ0v) is 12.3. The van der Waals surface area contributed by atoms with Crippen molar-refractivity contribution in [3.05, 3.63) is 39.1 Å². The lowest BCUT2D eigenvalue weighted by atomic mass is 10.0. The Hall–Kier alpha value is -0.720. The number of hydrogen-bond acceptors (Lipinski definition) is 3. The van der Waals surface area contributed by atoms with Crippen LogP contribution < -0.4 is 0 Å². The molecular weight excluding hydrogens is 341 g/mol. The van der Waals surface area contributed by atoms with E-state index in [-0.39, 0.29) is 6.10 Å². The van der Waals surface area contributed by atoms with E-state index >= 15 is 0 Å². The lowest BCUT2D eigenvalue weighted by Crippen LogP contribution is -2.22. The number of ether oxygens (including phenoxy) is 2. The third-order valence-corrected chi connectivity index (χ3v) is 3.76. The summed E-state index contributed by atoms with van der Waals surface area (Å²) in [7, 11) is 0. The van der Waals surface area contributed by atoms with Crippen LogP contribution in [-0.4, -0.2) is 24.8 Å². The summed E-state index contributed by atoms with van der Waals surface area (Å²) >= 11 is 2.32. The first-order valence-corrected chi connectivity index (χ1v) is 7.08. The number of rotatable bonds is 1. The highest BCUT2D eigenvalue weighted by atomic mass is 127. The Kier molecular flexibility index (Phi) is 3.50. The maximum atomic E-state index is 5.81. The summed E-state index contributed by atoms with van der Waals surface area (Å²) in [5.74, 6) is 0. The van der Waals surface area contributed by atoms with Crippen LogP contribution in [0.2, 0.25) is 0 Å². The highest BCUT2D eigenvalue weighted by Crippen LogP contribution is 2.29. The van der Waals surface area contributed by atoms with Crippen molar-refractivity contribution >= 4 is 33.5 Å². The highest BCUT2D eigenvalue weighted by molar-refractivity contribution is 14.1. The molecule has 1 aliphatic rings. The van der Waals surface area contributed by atoms with E-state index in [9.17, 15) is 0 Å². The van der Waals surface area contributed by atoms with Crippen molar-refractivity contribution in [2.24, 2.45) is 0 Å². The summed E-state index contributed by atoms with van der Waals surface area (Å²) in [4.78, 5) is 4.57. The van der Waals surface area contributed by atoms with Gasteiger partial charge in [0.15, 0.2) is 0 Å². The van der Waals surface area contributed by atoms with Crippen LogP contribution in [0, 0.1) is 10.5 Å². The average Bonchev–Trinajstić information content (AvgIpc) is 2.39. The van der Waals surface area contributed by atoms with Crippen LogP contribution in [0.3, 0.4) is 0 Å². The van der Waals surface area contributed by atoms with Crippen molar-refractivity contribution in [1.29, 1.82) is 0 Å². The third-order valence-electron chi connectivity index (χ3n) is 3.09. The molecule has 0 bridgehead atoms. The molecule has 1 aromatic heterocycles. The second-order valence-corrected chi connectivity index (χ2v) is 5.69. The first-order valence-electron chi connectivity index (χ1n) is 6.00. The number of halogens is 1. The lowest BCUT2D eigenvalue weighted by molar-refractivity contribution is -0.0896. The summed E-state index contributed by atoms with van der Waals surface area (Å²) in [6.45, 7) is 4.00. The minimum absolute atomic E-state index is 0.0288. The molecule has 1 saturated heterocycles. The van der Waals surface area contributed by atoms with E-state index < -0.39 is 0 Å². The Bertz CT molecular complexity index is 579. The van der Waals surface area contributed by atoms with Crippen molar-refractivity contribution in [2.75, 3.05) is 19.8 Å². The molecule has 1 atom stereocenters. The van der Waals surface area contributed by atoms with Crippen molar-refractivity contribution in [2.45, 2.75) is 13.0 Å². The minimum Gasteiger partial charge on any atom is -0.376 e. The van der Waals surface area contributed by atoms with Gasteiger partial charge in [-0.2, -0.15) is 0 Å².